The monoisotopic (exact) mass is 553 g/mol. The largest absolute Gasteiger partial charge is 0.488 e. The molecular formula is C32H21ClFNO3S. The van der Waals surface area contributed by atoms with Crippen LogP contribution in [0.3, 0.4) is 0 Å². The average molecular weight is 554 g/mol. The van der Waals surface area contributed by atoms with Gasteiger partial charge in [-0.25, -0.2) is 4.39 Å². The number of thioether (sulfide) groups is 1. The predicted octanol–water partition coefficient (Wildman–Crippen LogP) is 8.60. The third-order valence-corrected chi connectivity index (χ3v) is 7.95. The lowest BCUT2D eigenvalue weighted by Gasteiger charge is -2.15. The predicted molar refractivity (Wildman–Crippen MR) is 155 cm³/mol. The van der Waals surface area contributed by atoms with Crippen LogP contribution in [-0.2, 0) is 17.9 Å². The molecular weight excluding hydrogens is 533 g/mol. The van der Waals surface area contributed by atoms with Crippen molar-refractivity contribution in [1.82, 2.24) is 4.90 Å². The van der Waals surface area contributed by atoms with Gasteiger partial charge in [0.2, 0.25) is 0 Å². The molecule has 1 saturated heterocycles. The molecule has 39 heavy (non-hydrogen) atoms. The Bertz CT molecular complexity index is 1800. The summed E-state index contributed by atoms with van der Waals surface area (Å²) in [6.45, 7) is 0.298. The van der Waals surface area contributed by atoms with Gasteiger partial charge in [-0.15, -0.1) is 0 Å². The van der Waals surface area contributed by atoms with Crippen molar-refractivity contribution in [3.05, 3.63) is 129 Å². The number of amides is 2. The van der Waals surface area contributed by atoms with Gasteiger partial charge in [-0.2, -0.15) is 0 Å². The second-order valence-corrected chi connectivity index (χ2v) is 10.5. The fourth-order valence-electron chi connectivity index (χ4n) is 4.71. The van der Waals surface area contributed by atoms with Crippen LogP contribution in [0.2, 0.25) is 5.02 Å². The number of halogens is 2. The van der Waals surface area contributed by atoms with Crippen LogP contribution >= 0.6 is 23.4 Å². The Morgan fingerprint density at radius 3 is 2.33 bits per heavy atom. The molecule has 0 saturated carbocycles. The van der Waals surface area contributed by atoms with Gasteiger partial charge in [0.05, 0.1) is 11.4 Å². The molecule has 2 amide bonds. The summed E-state index contributed by atoms with van der Waals surface area (Å²) in [4.78, 5) is 27.6. The van der Waals surface area contributed by atoms with Gasteiger partial charge in [0.15, 0.2) is 0 Å². The highest BCUT2D eigenvalue weighted by Crippen LogP contribution is 2.38. The molecule has 0 aliphatic carbocycles. The quantitative estimate of drug-likeness (QED) is 0.197. The van der Waals surface area contributed by atoms with Crippen molar-refractivity contribution in [3.63, 3.8) is 0 Å². The maximum Gasteiger partial charge on any atom is 0.293 e. The number of carbonyl (C=O) groups is 2. The van der Waals surface area contributed by atoms with Crippen LogP contribution in [0.25, 0.3) is 27.6 Å². The summed E-state index contributed by atoms with van der Waals surface area (Å²) in [5, 5.41) is 3.89. The molecule has 0 bridgehead atoms. The fourth-order valence-corrected chi connectivity index (χ4v) is 5.76. The first-order valence-corrected chi connectivity index (χ1v) is 13.5. The number of imide groups is 1. The fraction of sp³-hybridized carbons (Fsp3) is 0.0625. The summed E-state index contributed by atoms with van der Waals surface area (Å²) in [5.74, 6) is -0.307. The molecule has 5 aromatic carbocycles. The van der Waals surface area contributed by atoms with E-state index in [1.165, 1.54) is 18.2 Å². The molecule has 0 spiro atoms. The summed E-state index contributed by atoms with van der Waals surface area (Å²) in [5.41, 5.74) is 2.26. The Morgan fingerprint density at radius 2 is 1.54 bits per heavy atom. The molecule has 5 aromatic rings. The van der Waals surface area contributed by atoms with Crippen molar-refractivity contribution in [2.45, 2.75) is 13.2 Å². The number of nitrogens with zero attached hydrogens (tertiary/aromatic N) is 1. The molecule has 0 radical (unpaired) electrons. The highest BCUT2D eigenvalue weighted by atomic mass is 35.5. The van der Waals surface area contributed by atoms with E-state index in [1.54, 1.807) is 6.08 Å². The van der Waals surface area contributed by atoms with Crippen molar-refractivity contribution in [3.8, 4) is 5.75 Å². The van der Waals surface area contributed by atoms with Gasteiger partial charge < -0.3 is 4.74 Å². The Kier molecular flexibility index (Phi) is 6.81. The van der Waals surface area contributed by atoms with E-state index in [2.05, 4.69) is 18.2 Å². The number of carbonyl (C=O) groups excluding carboxylic acids is 2. The molecule has 0 atom stereocenters. The smallest absolute Gasteiger partial charge is 0.293 e. The zero-order valence-corrected chi connectivity index (χ0v) is 22.1. The maximum absolute atomic E-state index is 13.5. The van der Waals surface area contributed by atoms with Gasteiger partial charge in [0.25, 0.3) is 11.1 Å². The third kappa shape index (κ3) is 5.01. The third-order valence-electron chi connectivity index (χ3n) is 6.69. The van der Waals surface area contributed by atoms with Gasteiger partial charge in [0, 0.05) is 10.6 Å². The highest BCUT2D eigenvalue weighted by Gasteiger charge is 2.35. The van der Waals surface area contributed by atoms with Crippen molar-refractivity contribution in [2.24, 2.45) is 0 Å². The molecule has 4 nitrogen and oxygen atoms in total. The molecule has 6 rings (SSSR count). The number of hydrogen-bond donors (Lipinski definition) is 0. The van der Waals surface area contributed by atoms with Crippen LogP contribution in [0.4, 0.5) is 9.18 Å². The van der Waals surface area contributed by atoms with E-state index in [-0.39, 0.29) is 16.5 Å². The molecule has 0 aromatic heterocycles. The summed E-state index contributed by atoms with van der Waals surface area (Å²) >= 11 is 7.01. The normalized spacial score (nSPS) is 14.6. The lowest BCUT2D eigenvalue weighted by molar-refractivity contribution is -0.123. The molecule has 7 heteroatoms. The molecule has 1 fully saturated rings. The SMILES string of the molecule is O=C1S/C(=C\c2c(OCc3cccc4ccccc34)ccc3ccccc23)C(=O)N1Cc1ccc(F)cc1Cl. The van der Waals surface area contributed by atoms with E-state index in [0.29, 0.717) is 17.9 Å². The second kappa shape index (κ2) is 10.6. The number of benzene rings is 5. The number of ether oxygens (including phenoxy) is 1. The van der Waals surface area contributed by atoms with Crippen LogP contribution in [0, 0.1) is 5.82 Å². The van der Waals surface area contributed by atoms with Gasteiger partial charge in [-0.3, -0.25) is 14.5 Å². The molecule has 0 N–H and O–H groups in total. The van der Waals surface area contributed by atoms with Gasteiger partial charge in [-0.05, 0) is 68.7 Å². The van der Waals surface area contributed by atoms with Crippen LogP contribution in [-0.4, -0.2) is 16.0 Å². The summed E-state index contributed by atoms with van der Waals surface area (Å²) in [6, 6.07) is 29.9. The van der Waals surface area contributed by atoms with Gasteiger partial charge in [-0.1, -0.05) is 90.5 Å². The minimum absolute atomic E-state index is 0.0406. The Labute approximate surface area is 233 Å². The van der Waals surface area contributed by atoms with Crippen molar-refractivity contribution in [2.75, 3.05) is 0 Å². The zero-order valence-electron chi connectivity index (χ0n) is 20.6. The van der Waals surface area contributed by atoms with E-state index in [4.69, 9.17) is 16.3 Å². The van der Waals surface area contributed by atoms with Crippen molar-refractivity contribution in [1.29, 1.82) is 0 Å². The van der Waals surface area contributed by atoms with Gasteiger partial charge in [0.1, 0.15) is 18.2 Å². The number of hydrogen-bond acceptors (Lipinski definition) is 4. The number of rotatable bonds is 6. The molecule has 0 unspecified atom stereocenters. The molecule has 1 heterocycles. The Balaban J connectivity index is 1.34. The lowest BCUT2D eigenvalue weighted by Crippen LogP contribution is -2.27. The average Bonchev–Trinajstić information content (AvgIpc) is 3.21. The maximum atomic E-state index is 13.5. The van der Waals surface area contributed by atoms with Gasteiger partial charge >= 0.3 is 0 Å². The zero-order chi connectivity index (χ0) is 26.9. The van der Waals surface area contributed by atoms with Crippen LogP contribution in [0.1, 0.15) is 16.7 Å². The summed E-state index contributed by atoms with van der Waals surface area (Å²) in [6.07, 6.45) is 1.72. The van der Waals surface area contributed by atoms with E-state index in [9.17, 15) is 14.0 Å². The van der Waals surface area contributed by atoms with E-state index in [1.807, 2.05) is 60.7 Å². The Morgan fingerprint density at radius 1 is 0.821 bits per heavy atom. The van der Waals surface area contributed by atoms with E-state index >= 15 is 0 Å². The van der Waals surface area contributed by atoms with Crippen LogP contribution < -0.4 is 4.74 Å². The standard InChI is InChI=1S/C32H21ClFNO3S/c33-28-16-24(34)14-12-22(28)18-35-31(36)30(39-32(35)37)17-27-26-11-4-2-7-21(26)13-15-29(27)38-19-23-9-5-8-20-6-1-3-10-25(20)23/h1-17H,18-19H2/b30-17-. The first-order valence-electron chi connectivity index (χ1n) is 12.3. The van der Waals surface area contributed by atoms with Crippen molar-refractivity contribution >= 4 is 62.1 Å². The minimum atomic E-state index is -0.482. The van der Waals surface area contributed by atoms with Crippen LogP contribution in [0.5, 0.6) is 5.75 Å². The van der Waals surface area contributed by atoms with E-state index < -0.39 is 17.0 Å². The van der Waals surface area contributed by atoms with E-state index in [0.717, 1.165) is 49.3 Å². The highest BCUT2D eigenvalue weighted by molar-refractivity contribution is 8.18. The van der Waals surface area contributed by atoms with Crippen LogP contribution in [0.15, 0.2) is 102 Å². The molecule has 1 aliphatic heterocycles. The molecule has 192 valence electrons. The van der Waals surface area contributed by atoms with Crippen molar-refractivity contribution < 1.29 is 18.7 Å². The topological polar surface area (TPSA) is 46.6 Å². The Hall–Kier alpha value is -4.13. The molecule has 1 aliphatic rings. The summed E-state index contributed by atoms with van der Waals surface area (Å²) in [7, 11) is 0. The number of fused-ring (bicyclic) bond motifs is 2. The minimum Gasteiger partial charge on any atom is -0.488 e. The lowest BCUT2D eigenvalue weighted by atomic mass is 10.0. The first kappa shape index (κ1) is 25.2. The second-order valence-electron chi connectivity index (χ2n) is 9.13. The summed E-state index contributed by atoms with van der Waals surface area (Å²) < 4.78 is 19.8. The first-order chi connectivity index (χ1) is 19.0.